The molecule has 2 aromatic carbocycles. The number of hydrazone groups is 1. The van der Waals surface area contributed by atoms with Gasteiger partial charge in [-0.25, -0.2) is 16.3 Å². The van der Waals surface area contributed by atoms with E-state index in [2.05, 4.69) is 21.4 Å². The lowest BCUT2D eigenvalue weighted by molar-refractivity contribution is -0.122. The number of carbonyl (C=O) groups excluding carboxylic acids is 1. The molecular formula is C20H24N4O3. The van der Waals surface area contributed by atoms with E-state index in [0.29, 0.717) is 13.0 Å². The molecule has 27 heavy (non-hydrogen) atoms. The van der Waals surface area contributed by atoms with Crippen LogP contribution in [0.1, 0.15) is 30.5 Å². The Balaban J connectivity index is 1.57. The molecule has 0 aliphatic carbocycles. The van der Waals surface area contributed by atoms with Crippen molar-refractivity contribution in [2.24, 2.45) is 5.10 Å². The van der Waals surface area contributed by atoms with Gasteiger partial charge in [0.1, 0.15) is 17.5 Å². The summed E-state index contributed by atoms with van der Waals surface area (Å²) in [7, 11) is 1.61. The number of methoxy groups -OCH3 is 1. The molecule has 0 aromatic heterocycles. The first-order valence-electron chi connectivity index (χ1n) is 8.91. The van der Waals surface area contributed by atoms with Crippen molar-refractivity contribution in [2.45, 2.75) is 25.4 Å². The Morgan fingerprint density at radius 1 is 1.26 bits per heavy atom. The van der Waals surface area contributed by atoms with Crippen LogP contribution in [-0.4, -0.2) is 31.9 Å². The molecule has 0 saturated carbocycles. The lowest BCUT2D eigenvalue weighted by Gasteiger charge is -2.15. The predicted molar refractivity (Wildman–Crippen MR) is 104 cm³/mol. The molecule has 7 nitrogen and oxygen atoms in total. The molecule has 142 valence electrons. The summed E-state index contributed by atoms with van der Waals surface area (Å²) in [4.78, 5) is 12.4. The van der Waals surface area contributed by atoms with Crippen molar-refractivity contribution in [3.8, 4) is 11.5 Å². The van der Waals surface area contributed by atoms with Crippen molar-refractivity contribution in [2.75, 3.05) is 13.7 Å². The molecule has 0 bridgehead atoms. The minimum atomic E-state index is -0.382. The van der Waals surface area contributed by atoms with Crippen LogP contribution in [-0.2, 0) is 4.79 Å². The van der Waals surface area contributed by atoms with Crippen molar-refractivity contribution >= 4 is 12.1 Å². The normalized spacial score (nSPS) is 19.2. The van der Waals surface area contributed by atoms with Crippen LogP contribution in [0.25, 0.3) is 0 Å². The first kappa shape index (κ1) is 18.9. The van der Waals surface area contributed by atoms with Crippen LogP contribution in [0.5, 0.6) is 11.5 Å². The van der Waals surface area contributed by atoms with E-state index in [1.807, 2.05) is 55.5 Å². The van der Waals surface area contributed by atoms with Gasteiger partial charge in [-0.1, -0.05) is 30.3 Å². The van der Waals surface area contributed by atoms with Gasteiger partial charge in [0.15, 0.2) is 0 Å². The molecule has 0 radical (unpaired) electrons. The van der Waals surface area contributed by atoms with E-state index in [1.54, 1.807) is 13.3 Å². The number of amides is 1. The second kappa shape index (κ2) is 9.16. The van der Waals surface area contributed by atoms with Gasteiger partial charge in [-0.3, -0.25) is 4.79 Å². The highest BCUT2D eigenvalue weighted by Gasteiger charge is 2.31. The van der Waals surface area contributed by atoms with Crippen molar-refractivity contribution in [1.82, 2.24) is 16.3 Å². The molecule has 3 N–H and O–H groups in total. The molecule has 1 saturated heterocycles. The van der Waals surface area contributed by atoms with E-state index in [1.165, 1.54) is 0 Å². The highest BCUT2D eigenvalue weighted by molar-refractivity contribution is 5.85. The molecular weight excluding hydrogens is 344 g/mol. The van der Waals surface area contributed by atoms with Crippen LogP contribution in [0.3, 0.4) is 0 Å². The van der Waals surface area contributed by atoms with E-state index < -0.39 is 0 Å². The number of nitrogens with one attached hydrogen (secondary N) is 3. The van der Waals surface area contributed by atoms with Gasteiger partial charge in [0.2, 0.25) is 0 Å². The molecule has 2 atom stereocenters. The first-order valence-corrected chi connectivity index (χ1v) is 8.91. The number of hydrogen-bond acceptors (Lipinski definition) is 6. The Morgan fingerprint density at radius 3 is 2.93 bits per heavy atom. The second-order valence-electron chi connectivity index (χ2n) is 6.11. The molecule has 2 unspecified atom stereocenters. The zero-order valence-electron chi connectivity index (χ0n) is 15.4. The lowest BCUT2D eigenvalue weighted by Crippen LogP contribution is -2.41. The van der Waals surface area contributed by atoms with Crippen molar-refractivity contribution in [1.29, 1.82) is 0 Å². The van der Waals surface area contributed by atoms with Crippen LogP contribution < -0.4 is 25.8 Å². The molecule has 1 aliphatic rings. The monoisotopic (exact) mass is 368 g/mol. The summed E-state index contributed by atoms with van der Waals surface area (Å²) < 4.78 is 10.8. The molecule has 0 spiro atoms. The number of hydrogen-bond donors (Lipinski definition) is 3. The quantitative estimate of drug-likeness (QED) is 0.515. The summed E-state index contributed by atoms with van der Waals surface area (Å²) in [5.74, 6) is 1.37. The van der Waals surface area contributed by atoms with E-state index in [0.717, 1.165) is 22.6 Å². The number of ether oxygens (including phenoxy) is 2. The minimum absolute atomic E-state index is 0.00846. The lowest BCUT2D eigenvalue weighted by atomic mass is 10.0. The molecule has 1 heterocycles. The van der Waals surface area contributed by atoms with Gasteiger partial charge < -0.3 is 9.47 Å². The van der Waals surface area contributed by atoms with Crippen LogP contribution in [0.2, 0.25) is 0 Å². The summed E-state index contributed by atoms with van der Waals surface area (Å²) >= 11 is 0. The molecule has 2 aromatic rings. The number of benzene rings is 2. The van der Waals surface area contributed by atoms with Crippen LogP contribution in [0, 0.1) is 0 Å². The number of para-hydroxylation sites is 1. The van der Waals surface area contributed by atoms with E-state index >= 15 is 0 Å². The summed E-state index contributed by atoms with van der Waals surface area (Å²) in [6.07, 6.45) is 2.19. The summed E-state index contributed by atoms with van der Waals surface area (Å²) in [5, 5.41) is 4.03. The largest absolute Gasteiger partial charge is 0.497 e. The first-order chi connectivity index (χ1) is 13.2. The third kappa shape index (κ3) is 4.84. The van der Waals surface area contributed by atoms with Crippen molar-refractivity contribution in [3.05, 3.63) is 59.7 Å². The fraction of sp³-hybridized carbons (Fsp3) is 0.300. The zero-order valence-corrected chi connectivity index (χ0v) is 15.4. The van der Waals surface area contributed by atoms with Gasteiger partial charge in [-0.2, -0.15) is 5.10 Å². The number of rotatable bonds is 7. The van der Waals surface area contributed by atoms with E-state index in [-0.39, 0.29) is 18.0 Å². The topological polar surface area (TPSA) is 84.0 Å². The van der Waals surface area contributed by atoms with Gasteiger partial charge in [-0.05, 0) is 37.1 Å². The van der Waals surface area contributed by atoms with Gasteiger partial charge in [-0.15, -0.1) is 0 Å². The standard InChI is InChI=1S/C20H24N4O3/c1-3-27-19-10-5-4-9-16(19)17-12-18(23-22-17)20(25)24-21-13-14-7-6-8-15(11-14)26-2/h4-11,13,17-18,22-23H,3,12H2,1-2H3,(H,24,25)/b21-13+. The summed E-state index contributed by atoms with van der Waals surface area (Å²) in [5.41, 5.74) is 10.6. The Morgan fingerprint density at radius 2 is 2.11 bits per heavy atom. The molecule has 7 heteroatoms. The SMILES string of the molecule is CCOc1ccccc1C1CC(C(=O)N/N=C/c2cccc(OC)c2)NN1. The maximum atomic E-state index is 12.4. The van der Waals surface area contributed by atoms with Crippen molar-refractivity contribution in [3.63, 3.8) is 0 Å². The fourth-order valence-corrected chi connectivity index (χ4v) is 2.96. The highest BCUT2D eigenvalue weighted by atomic mass is 16.5. The predicted octanol–water partition coefficient (Wildman–Crippen LogP) is 2.15. The highest BCUT2D eigenvalue weighted by Crippen LogP contribution is 2.30. The van der Waals surface area contributed by atoms with Gasteiger partial charge >= 0.3 is 0 Å². The molecule has 1 fully saturated rings. The number of carbonyl (C=O) groups is 1. The Kier molecular flexibility index (Phi) is 6.40. The molecule has 1 amide bonds. The molecule has 1 aliphatic heterocycles. The van der Waals surface area contributed by atoms with Gasteiger partial charge in [0, 0.05) is 5.56 Å². The minimum Gasteiger partial charge on any atom is -0.497 e. The number of nitrogens with zero attached hydrogens (tertiary/aromatic N) is 1. The van der Waals surface area contributed by atoms with Crippen molar-refractivity contribution < 1.29 is 14.3 Å². The number of hydrazine groups is 1. The van der Waals surface area contributed by atoms with E-state index in [4.69, 9.17) is 9.47 Å². The zero-order chi connectivity index (χ0) is 19.1. The second-order valence-corrected chi connectivity index (χ2v) is 6.11. The van der Waals surface area contributed by atoms with Gasteiger partial charge in [0.05, 0.1) is 26.0 Å². The Hall–Kier alpha value is -2.90. The Bertz CT molecular complexity index is 809. The van der Waals surface area contributed by atoms with Gasteiger partial charge in [0.25, 0.3) is 5.91 Å². The molecule has 3 rings (SSSR count). The summed E-state index contributed by atoms with van der Waals surface area (Å²) in [6.45, 7) is 2.55. The smallest absolute Gasteiger partial charge is 0.258 e. The average Bonchev–Trinajstić information content (AvgIpc) is 3.19. The average molecular weight is 368 g/mol. The van der Waals surface area contributed by atoms with Crippen LogP contribution in [0.15, 0.2) is 53.6 Å². The Labute approximate surface area is 158 Å². The van der Waals surface area contributed by atoms with Crippen LogP contribution >= 0.6 is 0 Å². The third-order valence-electron chi connectivity index (χ3n) is 4.30. The van der Waals surface area contributed by atoms with Crippen LogP contribution in [0.4, 0.5) is 0 Å². The summed E-state index contributed by atoms with van der Waals surface area (Å²) in [6, 6.07) is 14.9. The maximum absolute atomic E-state index is 12.4. The van der Waals surface area contributed by atoms with E-state index in [9.17, 15) is 4.79 Å². The fourth-order valence-electron chi connectivity index (χ4n) is 2.96. The third-order valence-corrected chi connectivity index (χ3v) is 4.30. The maximum Gasteiger partial charge on any atom is 0.258 e.